The molecule has 0 amide bonds. The van der Waals surface area contributed by atoms with Gasteiger partial charge in [-0.15, -0.1) is 0 Å². The Balaban J connectivity index is 2.76. The Bertz CT molecular complexity index is 327. The van der Waals surface area contributed by atoms with E-state index in [0.29, 0.717) is 0 Å². The van der Waals surface area contributed by atoms with Crippen molar-refractivity contribution in [1.82, 2.24) is 0 Å². The van der Waals surface area contributed by atoms with Gasteiger partial charge in [-0.05, 0) is 0 Å². The molecule has 0 aliphatic carbocycles. The molecule has 1 aromatic carbocycles. The van der Waals surface area contributed by atoms with Crippen LogP contribution in [0.2, 0.25) is 0 Å². The summed E-state index contributed by atoms with van der Waals surface area (Å²) in [5.41, 5.74) is 0. The summed E-state index contributed by atoms with van der Waals surface area (Å²) in [5.74, 6) is 0.204. The summed E-state index contributed by atoms with van der Waals surface area (Å²) < 4.78 is 2.24. The van der Waals surface area contributed by atoms with Gasteiger partial charge in [0.25, 0.3) is 0 Å². The molecular formula is C12H14OSe. The number of Topliss-reactive ketones (excluding diaryl/α,β-unsaturated/α-hetero) is 1. The molecule has 0 aromatic heterocycles. The van der Waals surface area contributed by atoms with Crippen LogP contribution in [0.4, 0.5) is 0 Å². The van der Waals surface area contributed by atoms with Gasteiger partial charge in [-0.1, -0.05) is 0 Å². The van der Waals surface area contributed by atoms with Gasteiger partial charge in [0.05, 0.1) is 0 Å². The molecule has 0 aliphatic heterocycles. The van der Waals surface area contributed by atoms with Gasteiger partial charge < -0.3 is 0 Å². The van der Waals surface area contributed by atoms with Crippen LogP contribution in [0.25, 0.3) is 0 Å². The molecule has 1 aromatic rings. The second kappa shape index (κ2) is 5.79. The van der Waals surface area contributed by atoms with Gasteiger partial charge in [0.15, 0.2) is 0 Å². The van der Waals surface area contributed by atoms with E-state index >= 15 is 0 Å². The first-order valence-corrected chi connectivity index (χ1v) is 6.39. The molecule has 1 nitrogen and oxygen atoms in total. The van der Waals surface area contributed by atoms with Gasteiger partial charge in [0.1, 0.15) is 0 Å². The number of rotatable bonds is 4. The predicted octanol–water partition coefficient (Wildman–Crippen LogP) is 1.90. The van der Waals surface area contributed by atoms with Crippen molar-refractivity contribution < 1.29 is 4.79 Å². The molecule has 0 radical (unpaired) electrons. The Kier molecular flexibility index (Phi) is 4.64. The van der Waals surface area contributed by atoms with Crippen LogP contribution < -0.4 is 4.46 Å². The molecule has 0 unspecified atom stereocenters. The van der Waals surface area contributed by atoms with E-state index in [9.17, 15) is 4.79 Å². The zero-order valence-corrected chi connectivity index (χ0v) is 10.2. The van der Waals surface area contributed by atoms with E-state index in [1.165, 1.54) is 4.46 Å². The average Bonchev–Trinajstić information content (AvgIpc) is 2.18. The summed E-state index contributed by atoms with van der Waals surface area (Å²) in [7, 11) is 0. The summed E-state index contributed by atoms with van der Waals surface area (Å²) in [4.78, 5) is 11.3. The molecule has 0 heterocycles. The van der Waals surface area contributed by atoms with E-state index in [1.807, 2.05) is 24.3 Å². The Morgan fingerprint density at radius 2 is 2.00 bits per heavy atom. The zero-order valence-electron chi connectivity index (χ0n) is 8.49. The normalized spacial score (nSPS) is 11.4. The standard InChI is InChI=1S/C12H14OSe/c1-3-7-12(10(2)13)14-11-8-5-4-6-9-11/h4-9H,3H2,1-2H3/b12-7+. The average molecular weight is 253 g/mol. The third-order valence-electron chi connectivity index (χ3n) is 1.71. The van der Waals surface area contributed by atoms with E-state index in [4.69, 9.17) is 0 Å². The van der Waals surface area contributed by atoms with Gasteiger partial charge in [0, 0.05) is 0 Å². The molecule has 0 fully saturated rings. The fourth-order valence-corrected chi connectivity index (χ4v) is 3.03. The van der Waals surface area contributed by atoms with Crippen molar-refractivity contribution in [2.45, 2.75) is 20.3 Å². The number of carbonyl (C=O) groups is 1. The van der Waals surface area contributed by atoms with Crippen molar-refractivity contribution in [1.29, 1.82) is 0 Å². The third kappa shape index (κ3) is 3.49. The predicted molar refractivity (Wildman–Crippen MR) is 60.9 cm³/mol. The van der Waals surface area contributed by atoms with Crippen LogP contribution in [0.15, 0.2) is 40.9 Å². The second-order valence-corrected chi connectivity index (χ2v) is 5.29. The molecule has 14 heavy (non-hydrogen) atoms. The Morgan fingerprint density at radius 1 is 1.36 bits per heavy atom. The maximum absolute atomic E-state index is 11.3. The minimum absolute atomic E-state index is 0.170. The van der Waals surface area contributed by atoms with E-state index in [1.54, 1.807) is 6.92 Å². The maximum atomic E-state index is 11.3. The Morgan fingerprint density at radius 3 is 2.50 bits per heavy atom. The molecule has 0 N–H and O–H groups in total. The van der Waals surface area contributed by atoms with Crippen molar-refractivity contribution in [3.05, 3.63) is 40.9 Å². The van der Waals surface area contributed by atoms with Crippen LogP contribution in [0.5, 0.6) is 0 Å². The van der Waals surface area contributed by atoms with Gasteiger partial charge in [-0.3, -0.25) is 0 Å². The first-order chi connectivity index (χ1) is 6.74. The number of ketones is 1. The molecule has 2 heteroatoms. The summed E-state index contributed by atoms with van der Waals surface area (Å²) in [6.45, 7) is 3.70. The number of hydrogen-bond acceptors (Lipinski definition) is 1. The summed E-state index contributed by atoms with van der Waals surface area (Å²) in [6.07, 6.45) is 2.97. The fourth-order valence-electron chi connectivity index (χ4n) is 1.06. The molecule has 74 valence electrons. The van der Waals surface area contributed by atoms with Crippen LogP contribution in [-0.2, 0) is 4.79 Å². The molecule has 0 saturated heterocycles. The summed E-state index contributed by atoms with van der Waals surface area (Å²) >= 11 is 0.170. The van der Waals surface area contributed by atoms with Crippen LogP contribution in [0, 0.1) is 0 Å². The molecule has 1 rings (SSSR count). The topological polar surface area (TPSA) is 17.1 Å². The molecule has 0 bridgehead atoms. The van der Waals surface area contributed by atoms with Crippen molar-refractivity contribution in [2.24, 2.45) is 0 Å². The Hall–Kier alpha value is -0.851. The van der Waals surface area contributed by atoms with Crippen LogP contribution in [0.3, 0.4) is 0 Å². The zero-order chi connectivity index (χ0) is 10.4. The van der Waals surface area contributed by atoms with E-state index < -0.39 is 0 Å². The fraction of sp³-hybridized carbons (Fsp3) is 0.250. The second-order valence-electron chi connectivity index (χ2n) is 2.95. The van der Waals surface area contributed by atoms with Crippen molar-refractivity contribution in [3.63, 3.8) is 0 Å². The van der Waals surface area contributed by atoms with Crippen molar-refractivity contribution in [2.75, 3.05) is 0 Å². The van der Waals surface area contributed by atoms with E-state index in [2.05, 4.69) is 19.1 Å². The van der Waals surface area contributed by atoms with Crippen molar-refractivity contribution >= 4 is 25.2 Å². The summed E-state index contributed by atoms with van der Waals surface area (Å²) in [5, 5.41) is 0. The number of carbonyl (C=O) groups excluding carboxylic acids is 1. The molecular weight excluding hydrogens is 239 g/mol. The monoisotopic (exact) mass is 254 g/mol. The van der Waals surface area contributed by atoms with Gasteiger partial charge in [-0.2, -0.15) is 0 Å². The molecule has 0 atom stereocenters. The molecule has 0 spiro atoms. The van der Waals surface area contributed by atoms with E-state index in [0.717, 1.165) is 10.9 Å². The first kappa shape index (κ1) is 11.2. The van der Waals surface area contributed by atoms with Gasteiger partial charge in [-0.25, -0.2) is 0 Å². The van der Waals surface area contributed by atoms with Crippen LogP contribution >= 0.6 is 0 Å². The van der Waals surface area contributed by atoms with Crippen molar-refractivity contribution in [3.8, 4) is 0 Å². The first-order valence-electron chi connectivity index (χ1n) is 4.68. The number of benzene rings is 1. The van der Waals surface area contributed by atoms with Gasteiger partial charge >= 0.3 is 91.1 Å². The summed E-state index contributed by atoms with van der Waals surface area (Å²) in [6, 6.07) is 10.2. The minimum atomic E-state index is 0.170. The third-order valence-corrected chi connectivity index (χ3v) is 4.19. The number of hydrogen-bond donors (Lipinski definition) is 0. The van der Waals surface area contributed by atoms with Crippen LogP contribution in [0.1, 0.15) is 20.3 Å². The molecule has 0 aliphatic rings. The van der Waals surface area contributed by atoms with E-state index in [-0.39, 0.29) is 20.7 Å². The SMILES string of the molecule is CC/C=C(/[Se]c1ccccc1)C(C)=O. The van der Waals surface area contributed by atoms with Crippen LogP contribution in [-0.4, -0.2) is 20.7 Å². The Labute approximate surface area is 91.4 Å². The molecule has 0 saturated carbocycles. The quantitative estimate of drug-likeness (QED) is 0.591. The number of allylic oxidation sites excluding steroid dienone is 2. The van der Waals surface area contributed by atoms with Gasteiger partial charge in [0.2, 0.25) is 0 Å².